The molecule has 1 unspecified atom stereocenters. The van der Waals surface area contributed by atoms with Crippen LogP contribution in [0.25, 0.3) is 0 Å². The van der Waals surface area contributed by atoms with E-state index in [4.69, 9.17) is 5.11 Å². The molecule has 0 aliphatic carbocycles. The second-order valence-corrected chi connectivity index (χ2v) is 4.59. The normalized spacial score (nSPS) is 14.3. The van der Waals surface area contributed by atoms with Crippen LogP contribution in [-0.4, -0.2) is 34.2 Å². The maximum Gasteiger partial charge on any atom is 0.326 e. The Kier molecular flexibility index (Phi) is 9.80. The molecule has 0 aliphatic heterocycles. The zero-order chi connectivity index (χ0) is 14.7. The summed E-state index contributed by atoms with van der Waals surface area (Å²) in [6.07, 6.45) is 6.31. The van der Waals surface area contributed by atoms with Crippen molar-refractivity contribution in [2.75, 3.05) is 0 Å². The van der Waals surface area contributed by atoms with Gasteiger partial charge in [0.2, 0.25) is 5.91 Å². The summed E-state index contributed by atoms with van der Waals surface area (Å²) in [7, 11) is 0. The lowest BCUT2D eigenvalue weighted by molar-refractivity contribution is -0.142. The van der Waals surface area contributed by atoms with Crippen molar-refractivity contribution < 1.29 is 19.8 Å². The third kappa shape index (κ3) is 9.25. The zero-order valence-corrected chi connectivity index (χ0v) is 11.8. The number of carboxylic acids is 1. The molecule has 0 saturated heterocycles. The Morgan fingerprint density at radius 2 is 1.95 bits per heavy atom. The number of unbranched alkanes of at least 4 members (excludes halogenated alkanes) is 2. The predicted molar refractivity (Wildman–Crippen MR) is 73.8 cm³/mol. The van der Waals surface area contributed by atoms with Gasteiger partial charge in [-0.1, -0.05) is 45.3 Å². The second-order valence-electron chi connectivity index (χ2n) is 4.59. The Hall–Kier alpha value is -1.36. The number of aliphatic hydroxyl groups excluding tert-OH is 1. The molecule has 0 aromatic heterocycles. The number of nitrogens with one attached hydrogen (secondary N) is 1. The molecule has 1 amide bonds. The van der Waals surface area contributed by atoms with E-state index in [0.717, 1.165) is 25.7 Å². The van der Waals surface area contributed by atoms with Gasteiger partial charge in [0.25, 0.3) is 0 Å². The first-order chi connectivity index (χ1) is 9.01. The van der Waals surface area contributed by atoms with E-state index < -0.39 is 24.0 Å². The molecule has 0 rings (SSSR count). The van der Waals surface area contributed by atoms with Crippen LogP contribution in [-0.2, 0) is 9.59 Å². The van der Waals surface area contributed by atoms with Gasteiger partial charge < -0.3 is 15.5 Å². The van der Waals surface area contributed by atoms with E-state index in [1.807, 2.05) is 19.9 Å². The molecule has 0 radical (unpaired) electrons. The Morgan fingerprint density at radius 1 is 1.26 bits per heavy atom. The maximum atomic E-state index is 11.6. The van der Waals surface area contributed by atoms with Gasteiger partial charge in [-0.05, 0) is 12.8 Å². The highest BCUT2D eigenvalue weighted by molar-refractivity contribution is 5.83. The van der Waals surface area contributed by atoms with Crippen molar-refractivity contribution in [3.8, 4) is 0 Å². The Morgan fingerprint density at radius 3 is 2.47 bits per heavy atom. The molecule has 0 bridgehead atoms. The average molecular weight is 271 g/mol. The Labute approximate surface area is 114 Å². The molecular weight excluding hydrogens is 246 g/mol. The van der Waals surface area contributed by atoms with E-state index >= 15 is 0 Å². The minimum absolute atomic E-state index is 0.101. The number of hydrogen-bond donors (Lipinski definition) is 3. The molecular formula is C14H25NO4. The molecule has 19 heavy (non-hydrogen) atoms. The third-order valence-corrected chi connectivity index (χ3v) is 2.69. The summed E-state index contributed by atoms with van der Waals surface area (Å²) in [6, 6.07) is -0.862. The fourth-order valence-electron chi connectivity index (χ4n) is 1.60. The van der Waals surface area contributed by atoms with Crippen LogP contribution < -0.4 is 5.32 Å². The van der Waals surface area contributed by atoms with Gasteiger partial charge in [0, 0.05) is 0 Å². The highest BCUT2D eigenvalue weighted by Crippen LogP contribution is 2.03. The van der Waals surface area contributed by atoms with E-state index in [-0.39, 0.29) is 6.42 Å². The second kappa shape index (κ2) is 10.6. The van der Waals surface area contributed by atoms with Crippen molar-refractivity contribution in [2.45, 2.75) is 64.5 Å². The van der Waals surface area contributed by atoms with E-state index in [2.05, 4.69) is 5.32 Å². The number of carbonyl (C=O) groups excluding carboxylic acids is 1. The molecule has 0 aliphatic rings. The summed E-state index contributed by atoms with van der Waals surface area (Å²) in [5.41, 5.74) is 0. The van der Waals surface area contributed by atoms with E-state index in [1.165, 1.54) is 0 Å². The molecule has 0 fully saturated rings. The SMILES string of the molecule is CCC/C=C/C(O)CC(=O)N[C@@H](CCCC)C(=O)O. The molecule has 0 spiro atoms. The quantitative estimate of drug-likeness (QED) is 0.529. The lowest BCUT2D eigenvalue weighted by Gasteiger charge is -2.14. The molecule has 5 nitrogen and oxygen atoms in total. The minimum atomic E-state index is -1.03. The number of aliphatic hydroxyl groups is 1. The smallest absolute Gasteiger partial charge is 0.326 e. The average Bonchev–Trinajstić information content (AvgIpc) is 2.34. The first kappa shape index (κ1) is 17.6. The summed E-state index contributed by atoms with van der Waals surface area (Å²) < 4.78 is 0. The third-order valence-electron chi connectivity index (χ3n) is 2.69. The summed E-state index contributed by atoms with van der Waals surface area (Å²) in [4.78, 5) is 22.5. The van der Waals surface area contributed by atoms with Gasteiger partial charge in [0.05, 0.1) is 12.5 Å². The van der Waals surface area contributed by atoms with Gasteiger partial charge in [-0.3, -0.25) is 4.79 Å². The first-order valence-electron chi connectivity index (χ1n) is 6.88. The molecule has 5 heteroatoms. The molecule has 3 N–H and O–H groups in total. The molecule has 0 heterocycles. The summed E-state index contributed by atoms with van der Waals surface area (Å²) in [5.74, 6) is -1.46. The van der Waals surface area contributed by atoms with Crippen molar-refractivity contribution in [1.82, 2.24) is 5.32 Å². The first-order valence-corrected chi connectivity index (χ1v) is 6.88. The van der Waals surface area contributed by atoms with Crippen LogP contribution in [0.4, 0.5) is 0 Å². The molecule has 0 saturated carbocycles. The summed E-state index contributed by atoms with van der Waals surface area (Å²) in [5, 5.41) is 21.0. The van der Waals surface area contributed by atoms with Crippen molar-refractivity contribution in [1.29, 1.82) is 0 Å². The zero-order valence-electron chi connectivity index (χ0n) is 11.8. The van der Waals surface area contributed by atoms with Gasteiger partial charge in [-0.25, -0.2) is 4.79 Å². The fraction of sp³-hybridized carbons (Fsp3) is 0.714. The molecule has 110 valence electrons. The van der Waals surface area contributed by atoms with Crippen molar-refractivity contribution in [3.05, 3.63) is 12.2 Å². The van der Waals surface area contributed by atoms with Crippen LogP contribution in [0.5, 0.6) is 0 Å². The van der Waals surface area contributed by atoms with E-state index in [0.29, 0.717) is 6.42 Å². The van der Waals surface area contributed by atoms with Crippen LogP contribution in [0.15, 0.2) is 12.2 Å². The topological polar surface area (TPSA) is 86.6 Å². The van der Waals surface area contributed by atoms with Crippen molar-refractivity contribution >= 4 is 11.9 Å². The highest BCUT2D eigenvalue weighted by atomic mass is 16.4. The van der Waals surface area contributed by atoms with Gasteiger partial charge in [0.1, 0.15) is 6.04 Å². The number of carboxylic acid groups (broad SMARTS) is 1. The standard InChI is InChI=1S/C14H25NO4/c1-3-5-7-8-11(16)10-13(17)15-12(14(18)19)9-6-4-2/h7-8,11-12,16H,3-6,9-10H2,1-2H3,(H,15,17)(H,18,19)/b8-7+/t11?,12-/m0/s1. The number of hydrogen-bond acceptors (Lipinski definition) is 3. The van der Waals surface area contributed by atoms with Crippen LogP contribution >= 0.6 is 0 Å². The lowest BCUT2D eigenvalue weighted by Crippen LogP contribution is -2.41. The lowest BCUT2D eigenvalue weighted by atomic mass is 10.1. The summed E-state index contributed by atoms with van der Waals surface area (Å²) in [6.45, 7) is 3.98. The highest BCUT2D eigenvalue weighted by Gasteiger charge is 2.19. The van der Waals surface area contributed by atoms with Crippen LogP contribution in [0, 0.1) is 0 Å². The van der Waals surface area contributed by atoms with Gasteiger partial charge in [-0.15, -0.1) is 0 Å². The molecule has 2 atom stereocenters. The van der Waals surface area contributed by atoms with Crippen LogP contribution in [0.2, 0.25) is 0 Å². The minimum Gasteiger partial charge on any atom is -0.480 e. The molecule has 0 aromatic carbocycles. The monoisotopic (exact) mass is 271 g/mol. The van der Waals surface area contributed by atoms with Crippen molar-refractivity contribution in [3.63, 3.8) is 0 Å². The summed E-state index contributed by atoms with van der Waals surface area (Å²) >= 11 is 0. The van der Waals surface area contributed by atoms with Crippen LogP contribution in [0.1, 0.15) is 52.4 Å². The number of carbonyl (C=O) groups is 2. The number of allylic oxidation sites excluding steroid dienone is 1. The molecule has 0 aromatic rings. The Balaban J connectivity index is 4.14. The number of aliphatic carboxylic acids is 1. The van der Waals surface area contributed by atoms with Gasteiger partial charge >= 0.3 is 5.97 Å². The van der Waals surface area contributed by atoms with Crippen molar-refractivity contribution in [2.24, 2.45) is 0 Å². The predicted octanol–water partition coefficient (Wildman–Crippen LogP) is 1.85. The van der Waals surface area contributed by atoms with E-state index in [1.54, 1.807) is 6.08 Å². The fourth-order valence-corrected chi connectivity index (χ4v) is 1.60. The van der Waals surface area contributed by atoms with Gasteiger partial charge in [-0.2, -0.15) is 0 Å². The maximum absolute atomic E-state index is 11.6. The number of amides is 1. The van der Waals surface area contributed by atoms with E-state index in [9.17, 15) is 14.7 Å². The largest absolute Gasteiger partial charge is 0.480 e. The Bertz CT molecular complexity index is 302. The number of rotatable bonds is 10. The van der Waals surface area contributed by atoms with Crippen LogP contribution in [0.3, 0.4) is 0 Å². The van der Waals surface area contributed by atoms with Gasteiger partial charge in [0.15, 0.2) is 0 Å².